The SMILES string of the molecule is CC(C)C(C)(CN)NC(=O)c1cnns1.Cl. The first kappa shape index (κ1) is 15.3. The molecule has 3 N–H and O–H groups in total. The average Bonchev–Trinajstić information content (AvgIpc) is 2.70. The molecule has 1 amide bonds. The van der Waals surface area contributed by atoms with Crippen molar-refractivity contribution in [3.63, 3.8) is 0 Å². The van der Waals surface area contributed by atoms with Crippen molar-refractivity contribution < 1.29 is 4.79 Å². The number of nitrogens with zero attached hydrogens (tertiary/aromatic N) is 2. The summed E-state index contributed by atoms with van der Waals surface area (Å²) in [5.41, 5.74) is 5.28. The Hall–Kier alpha value is -0.720. The number of hydrogen-bond acceptors (Lipinski definition) is 5. The fourth-order valence-corrected chi connectivity index (χ4v) is 1.43. The van der Waals surface area contributed by atoms with E-state index >= 15 is 0 Å². The molecule has 92 valence electrons. The highest BCUT2D eigenvalue weighted by Gasteiger charge is 2.29. The van der Waals surface area contributed by atoms with Gasteiger partial charge in [-0.15, -0.1) is 17.5 Å². The molecule has 7 heteroatoms. The van der Waals surface area contributed by atoms with Crippen LogP contribution in [0.5, 0.6) is 0 Å². The number of nitrogens with two attached hydrogens (primary N) is 1. The van der Waals surface area contributed by atoms with Gasteiger partial charge in [-0.1, -0.05) is 18.3 Å². The molecule has 0 saturated carbocycles. The van der Waals surface area contributed by atoms with Gasteiger partial charge in [0.25, 0.3) is 5.91 Å². The van der Waals surface area contributed by atoms with Crippen molar-refractivity contribution in [2.75, 3.05) is 6.54 Å². The third-order valence-corrected chi connectivity index (χ3v) is 3.35. The summed E-state index contributed by atoms with van der Waals surface area (Å²) in [7, 11) is 0. The van der Waals surface area contributed by atoms with Crippen LogP contribution in [0.2, 0.25) is 0 Å². The fraction of sp³-hybridized carbons (Fsp3) is 0.667. The summed E-state index contributed by atoms with van der Waals surface area (Å²) in [6, 6.07) is 0. The first-order valence-corrected chi connectivity index (χ1v) is 5.57. The number of carbonyl (C=O) groups excluding carboxylic acids is 1. The maximum absolute atomic E-state index is 11.7. The van der Waals surface area contributed by atoms with E-state index in [2.05, 4.69) is 14.9 Å². The summed E-state index contributed by atoms with van der Waals surface area (Å²) >= 11 is 1.08. The zero-order valence-electron chi connectivity index (χ0n) is 9.56. The van der Waals surface area contributed by atoms with E-state index in [9.17, 15) is 4.79 Å². The zero-order chi connectivity index (χ0) is 11.5. The Balaban J connectivity index is 0.00000225. The van der Waals surface area contributed by atoms with Gasteiger partial charge < -0.3 is 11.1 Å². The van der Waals surface area contributed by atoms with E-state index in [0.717, 1.165) is 11.5 Å². The molecule has 5 nitrogen and oxygen atoms in total. The van der Waals surface area contributed by atoms with Crippen molar-refractivity contribution in [1.29, 1.82) is 0 Å². The van der Waals surface area contributed by atoms with Gasteiger partial charge in [-0.25, -0.2) is 0 Å². The normalized spacial score (nSPS) is 14.1. The summed E-state index contributed by atoms with van der Waals surface area (Å²) in [6.07, 6.45) is 1.46. The lowest BCUT2D eigenvalue weighted by molar-refractivity contribution is 0.0887. The Morgan fingerprint density at radius 3 is 2.69 bits per heavy atom. The number of rotatable bonds is 4. The summed E-state index contributed by atoms with van der Waals surface area (Å²) in [5, 5.41) is 6.53. The van der Waals surface area contributed by atoms with Crippen LogP contribution in [-0.4, -0.2) is 27.6 Å². The topological polar surface area (TPSA) is 80.9 Å². The van der Waals surface area contributed by atoms with Gasteiger partial charge in [0, 0.05) is 6.54 Å². The van der Waals surface area contributed by atoms with Crippen molar-refractivity contribution in [1.82, 2.24) is 14.9 Å². The quantitative estimate of drug-likeness (QED) is 0.852. The minimum Gasteiger partial charge on any atom is -0.345 e. The molecule has 16 heavy (non-hydrogen) atoms. The molecule has 0 bridgehead atoms. The highest BCUT2D eigenvalue weighted by atomic mass is 35.5. The van der Waals surface area contributed by atoms with Gasteiger partial charge in [0.1, 0.15) is 4.88 Å². The van der Waals surface area contributed by atoms with Crippen LogP contribution in [0.1, 0.15) is 30.4 Å². The summed E-state index contributed by atoms with van der Waals surface area (Å²) < 4.78 is 3.64. The smallest absolute Gasteiger partial charge is 0.265 e. The molecule has 0 aromatic carbocycles. The lowest BCUT2D eigenvalue weighted by Crippen LogP contribution is -2.54. The molecule has 1 heterocycles. The molecule has 0 aliphatic rings. The zero-order valence-corrected chi connectivity index (χ0v) is 11.2. The van der Waals surface area contributed by atoms with Crippen LogP contribution >= 0.6 is 23.9 Å². The van der Waals surface area contributed by atoms with Gasteiger partial charge in [0.05, 0.1) is 11.7 Å². The second-order valence-electron chi connectivity index (χ2n) is 4.01. The fourth-order valence-electron chi connectivity index (χ4n) is 1.02. The first-order valence-electron chi connectivity index (χ1n) is 4.79. The molecular weight excluding hydrogens is 248 g/mol. The standard InChI is InChI=1S/C9H16N4OS.ClH/c1-6(2)9(3,5-10)12-8(14)7-4-11-13-15-7;/h4,6H,5,10H2,1-3H3,(H,12,14);1H. The maximum atomic E-state index is 11.7. The Kier molecular flexibility index (Phi) is 5.85. The molecule has 0 aliphatic heterocycles. The third kappa shape index (κ3) is 3.40. The average molecular weight is 265 g/mol. The second-order valence-corrected chi connectivity index (χ2v) is 4.80. The first-order chi connectivity index (χ1) is 6.99. The van der Waals surface area contributed by atoms with E-state index in [0.29, 0.717) is 11.4 Å². The molecule has 0 radical (unpaired) electrons. The third-order valence-electron chi connectivity index (χ3n) is 2.68. The van der Waals surface area contributed by atoms with Crippen LogP contribution in [0, 0.1) is 5.92 Å². The van der Waals surface area contributed by atoms with Crippen molar-refractivity contribution >= 4 is 29.8 Å². The molecule has 0 saturated heterocycles. The van der Waals surface area contributed by atoms with Gasteiger partial charge in [-0.05, 0) is 24.4 Å². The number of hydrogen-bond donors (Lipinski definition) is 2. The molecule has 1 aromatic rings. The Morgan fingerprint density at radius 2 is 2.31 bits per heavy atom. The highest BCUT2D eigenvalue weighted by molar-refractivity contribution is 7.07. The van der Waals surface area contributed by atoms with Gasteiger partial charge in [-0.2, -0.15) is 0 Å². The molecule has 1 unspecified atom stereocenters. The Morgan fingerprint density at radius 1 is 1.69 bits per heavy atom. The van der Waals surface area contributed by atoms with Gasteiger partial charge in [-0.3, -0.25) is 4.79 Å². The van der Waals surface area contributed by atoms with E-state index in [1.54, 1.807) is 0 Å². The van der Waals surface area contributed by atoms with Crippen LogP contribution in [0.4, 0.5) is 0 Å². The van der Waals surface area contributed by atoms with E-state index in [-0.39, 0.29) is 29.8 Å². The summed E-state index contributed by atoms with van der Waals surface area (Å²) in [4.78, 5) is 12.3. The van der Waals surface area contributed by atoms with E-state index in [1.807, 2.05) is 20.8 Å². The predicted octanol–water partition coefficient (Wildman–Crippen LogP) is 1.06. The van der Waals surface area contributed by atoms with E-state index < -0.39 is 0 Å². The van der Waals surface area contributed by atoms with Gasteiger partial charge in [0.2, 0.25) is 0 Å². The number of amides is 1. The van der Waals surface area contributed by atoms with Gasteiger partial charge in [0.15, 0.2) is 0 Å². The molecule has 1 atom stereocenters. The number of nitrogens with one attached hydrogen (secondary N) is 1. The Labute approximate surface area is 105 Å². The summed E-state index contributed by atoms with van der Waals surface area (Å²) in [5.74, 6) is 0.110. The molecular formula is C9H17ClN4OS. The minimum atomic E-state index is -0.388. The van der Waals surface area contributed by atoms with Crippen LogP contribution in [-0.2, 0) is 0 Å². The second kappa shape index (κ2) is 6.12. The minimum absolute atomic E-state index is 0. The predicted molar refractivity (Wildman–Crippen MR) is 66.9 cm³/mol. The molecule has 0 spiro atoms. The van der Waals surface area contributed by atoms with Crippen molar-refractivity contribution in [3.8, 4) is 0 Å². The Bertz CT molecular complexity index is 330. The van der Waals surface area contributed by atoms with Crippen molar-refractivity contribution in [2.24, 2.45) is 11.7 Å². The lowest BCUT2D eigenvalue weighted by Gasteiger charge is -2.33. The number of halogens is 1. The van der Waals surface area contributed by atoms with Crippen LogP contribution in [0.15, 0.2) is 6.20 Å². The van der Waals surface area contributed by atoms with E-state index in [4.69, 9.17) is 5.73 Å². The molecule has 0 fully saturated rings. The van der Waals surface area contributed by atoms with Crippen molar-refractivity contribution in [3.05, 3.63) is 11.1 Å². The summed E-state index contributed by atoms with van der Waals surface area (Å²) in [6.45, 7) is 6.39. The van der Waals surface area contributed by atoms with E-state index in [1.165, 1.54) is 6.20 Å². The monoisotopic (exact) mass is 264 g/mol. The van der Waals surface area contributed by atoms with Crippen molar-refractivity contribution in [2.45, 2.75) is 26.3 Å². The van der Waals surface area contributed by atoms with Crippen LogP contribution in [0.25, 0.3) is 0 Å². The molecule has 1 rings (SSSR count). The number of aromatic nitrogens is 2. The largest absolute Gasteiger partial charge is 0.345 e. The molecule has 1 aromatic heterocycles. The van der Waals surface area contributed by atoms with Gasteiger partial charge >= 0.3 is 0 Å². The molecule has 0 aliphatic carbocycles. The lowest BCUT2D eigenvalue weighted by atomic mass is 9.88. The number of carbonyl (C=O) groups is 1. The van der Waals surface area contributed by atoms with Crippen LogP contribution in [0.3, 0.4) is 0 Å². The maximum Gasteiger partial charge on any atom is 0.265 e. The highest BCUT2D eigenvalue weighted by Crippen LogP contribution is 2.16. The van der Waals surface area contributed by atoms with Crippen LogP contribution < -0.4 is 11.1 Å².